The molecule has 150 valence electrons. The van der Waals surface area contributed by atoms with Crippen molar-refractivity contribution in [2.45, 2.75) is 13.5 Å². The molecule has 1 amide bonds. The number of amides is 1. The second-order valence-corrected chi connectivity index (χ2v) is 7.51. The number of carbonyl (C=O) groups is 1. The molecule has 0 atom stereocenters. The summed E-state index contributed by atoms with van der Waals surface area (Å²) in [5, 5.41) is 0.893. The van der Waals surface area contributed by atoms with Crippen LogP contribution in [-0.2, 0) is 6.54 Å². The average molecular weight is 390 g/mol. The number of rotatable bonds is 4. The number of nitrogens with one attached hydrogen (secondary N) is 1. The number of fused-ring (bicyclic) bond motifs is 1. The number of allylic oxidation sites excluding steroid dienone is 2. The van der Waals surface area contributed by atoms with Crippen LogP contribution in [0, 0.1) is 0 Å². The van der Waals surface area contributed by atoms with Crippen molar-refractivity contribution in [3.05, 3.63) is 70.8 Å². The normalized spacial score (nSPS) is 15.4. The number of H-pyrrole nitrogens is 1. The fourth-order valence-corrected chi connectivity index (χ4v) is 3.77. The van der Waals surface area contributed by atoms with E-state index in [1.807, 2.05) is 60.5 Å². The van der Waals surface area contributed by atoms with Crippen molar-refractivity contribution < 1.29 is 4.79 Å². The second-order valence-electron chi connectivity index (χ2n) is 7.51. The summed E-state index contributed by atoms with van der Waals surface area (Å²) in [6.07, 6.45) is 7.58. The highest BCUT2D eigenvalue weighted by Gasteiger charge is 2.20. The van der Waals surface area contributed by atoms with Gasteiger partial charge in [-0.2, -0.15) is 0 Å². The van der Waals surface area contributed by atoms with E-state index in [1.165, 1.54) is 0 Å². The molecule has 3 heterocycles. The second kappa shape index (κ2) is 8.09. The summed E-state index contributed by atoms with van der Waals surface area (Å²) in [5.74, 6) is 0.0782. The zero-order valence-electron chi connectivity index (χ0n) is 16.9. The summed E-state index contributed by atoms with van der Waals surface area (Å²) in [4.78, 5) is 32.7. The number of nitrogens with zero attached hydrogens (tertiary/aromatic N) is 3. The first kappa shape index (κ1) is 19.2. The molecule has 29 heavy (non-hydrogen) atoms. The molecule has 0 aliphatic carbocycles. The largest absolute Gasteiger partial charge is 0.357 e. The van der Waals surface area contributed by atoms with Crippen molar-refractivity contribution in [3.63, 3.8) is 0 Å². The number of hydrogen-bond acceptors (Lipinski definition) is 3. The fraction of sp³-hybridized carbons (Fsp3) is 0.304. The predicted octanol–water partition coefficient (Wildman–Crippen LogP) is 2.96. The lowest BCUT2D eigenvalue weighted by Crippen LogP contribution is -2.47. The van der Waals surface area contributed by atoms with Crippen LogP contribution < -0.4 is 5.56 Å². The maximum Gasteiger partial charge on any atom is 0.275 e. The van der Waals surface area contributed by atoms with Crippen molar-refractivity contribution >= 4 is 16.8 Å². The molecule has 1 aromatic carbocycles. The first-order valence-electron chi connectivity index (χ1n) is 9.98. The van der Waals surface area contributed by atoms with Crippen LogP contribution in [0.25, 0.3) is 22.0 Å². The van der Waals surface area contributed by atoms with E-state index >= 15 is 0 Å². The Morgan fingerprint density at radius 3 is 2.52 bits per heavy atom. The van der Waals surface area contributed by atoms with Gasteiger partial charge in [-0.25, -0.2) is 0 Å². The van der Waals surface area contributed by atoms with Gasteiger partial charge in [-0.3, -0.25) is 9.59 Å². The van der Waals surface area contributed by atoms with Crippen molar-refractivity contribution in [2.24, 2.45) is 0 Å². The van der Waals surface area contributed by atoms with Crippen molar-refractivity contribution in [2.75, 3.05) is 33.2 Å². The standard InChI is InChI=1S/C23H26N4O2/c1-3-4-11-27-16-20(19-9-10-24-21(19)23(27)29)17-5-7-18(8-6-17)22(28)26-14-12-25(2)13-15-26/h3-10,16,24H,11-15H2,1-2H3. The Morgan fingerprint density at radius 1 is 1.10 bits per heavy atom. The van der Waals surface area contributed by atoms with E-state index in [0.717, 1.165) is 42.7 Å². The SMILES string of the molecule is CC=CCn1cc(-c2ccc(C(=O)N3CCN(C)CC3)cc2)c2cc[nH]c2c1=O. The molecule has 0 spiro atoms. The van der Waals surface area contributed by atoms with Crippen LogP contribution in [0.5, 0.6) is 0 Å². The molecule has 6 nitrogen and oxygen atoms in total. The number of likely N-dealkylation sites (N-methyl/N-ethyl adjacent to an activating group) is 1. The summed E-state index contributed by atoms with van der Waals surface area (Å²) >= 11 is 0. The van der Waals surface area contributed by atoms with E-state index in [0.29, 0.717) is 17.6 Å². The van der Waals surface area contributed by atoms with Crippen LogP contribution in [0.4, 0.5) is 0 Å². The molecule has 0 radical (unpaired) electrons. The molecule has 0 saturated carbocycles. The van der Waals surface area contributed by atoms with Crippen LogP contribution in [0.1, 0.15) is 17.3 Å². The van der Waals surface area contributed by atoms with Crippen molar-refractivity contribution in [1.29, 1.82) is 0 Å². The molecular formula is C23H26N4O2. The van der Waals surface area contributed by atoms with Gasteiger partial charge in [-0.15, -0.1) is 0 Å². The van der Waals surface area contributed by atoms with Crippen molar-refractivity contribution in [3.8, 4) is 11.1 Å². The van der Waals surface area contributed by atoms with Gasteiger partial charge in [-0.05, 0) is 37.7 Å². The van der Waals surface area contributed by atoms with Gasteiger partial charge in [0.05, 0.1) is 0 Å². The van der Waals surface area contributed by atoms with E-state index < -0.39 is 0 Å². The molecule has 1 N–H and O–H groups in total. The Morgan fingerprint density at radius 2 is 1.83 bits per heavy atom. The highest BCUT2D eigenvalue weighted by Crippen LogP contribution is 2.27. The molecule has 1 aliphatic heterocycles. The number of carbonyl (C=O) groups excluding carboxylic acids is 1. The third kappa shape index (κ3) is 3.76. The van der Waals surface area contributed by atoms with Crippen LogP contribution >= 0.6 is 0 Å². The Bertz CT molecular complexity index is 1100. The predicted molar refractivity (Wildman–Crippen MR) is 116 cm³/mol. The van der Waals surface area contributed by atoms with E-state index in [4.69, 9.17) is 0 Å². The monoisotopic (exact) mass is 390 g/mol. The maximum atomic E-state index is 12.8. The lowest BCUT2D eigenvalue weighted by molar-refractivity contribution is 0.0664. The Labute approximate surface area is 170 Å². The van der Waals surface area contributed by atoms with Gasteiger partial charge in [0.15, 0.2) is 0 Å². The van der Waals surface area contributed by atoms with Crippen LogP contribution in [0.15, 0.2) is 59.7 Å². The van der Waals surface area contributed by atoms with Gasteiger partial charge in [0.25, 0.3) is 11.5 Å². The maximum absolute atomic E-state index is 12.8. The van der Waals surface area contributed by atoms with Crippen LogP contribution in [0.3, 0.4) is 0 Å². The molecule has 2 aromatic heterocycles. The molecule has 1 aliphatic rings. The molecule has 6 heteroatoms. The highest BCUT2D eigenvalue weighted by atomic mass is 16.2. The van der Waals surface area contributed by atoms with E-state index in [9.17, 15) is 9.59 Å². The summed E-state index contributed by atoms with van der Waals surface area (Å²) in [6.45, 7) is 5.80. The molecule has 4 rings (SSSR count). The lowest BCUT2D eigenvalue weighted by atomic mass is 10.0. The van der Waals surface area contributed by atoms with E-state index in [1.54, 1.807) is 10.8 Å². The summed E-state index contributed by atoms with van der Waals surface area (Å²) in [7, 11) is 2.08. The minimum absolute atomic E-state index is 0.0336. The Balaban J connectivity index is 1.66. The van der Waals surface area contributed by atoms with Gasteiger partial charge in [0.1, 0.15) is 5.52 Å². The first-order valence-corrected chi connectivity index (χ1v) is 9.98. The summed E-state index contributed by atoms with van der Waals surface area (Å²) < 4.78 is 1.71. The highest BCUT2D eigenvalue weighted by molar-refractivity contribution is 5.97. The molecule has 1 saturated heterocycles. The smallest absolute Gasteiger partial charge is 0.275 e. The quantitative estimate of drug-likeness (QED) is 0.697. The molecule has 1 fully saturated rings. The molecule has 0 unspecified atom stereocenters. The first-order chi connectivity index (χ1) is 14.1. The molecular weight excluding hydrogens is 364 g/mol. The summed E-state index contributed by atoms with van der Waals surface area (Å²) in [5.41, 5.74) is 3.23. The topological polar surface area (TPSA) is 61.3 Å². The number of aromatic amines is 1. The number of hydrogen-bond donors (Lipinski definition) is 1. The van der Waals surface area contributed by atoms with Gasteiger partial charge in [0.2, 0.25) is 0 Å². The Kier molecular flexibility index (Phi) is 5.36. The molecule has 0 bridgehead atoms. The minimum Gasteiger partial charge on any atom is -0.357 e. The minimum atomic E-state index is -0.0336. The van der Waals surface area contributed by atoms with Gasteiger partial charge in [0, 0.05) is 61.6 Å². The average Bonchev–Trinajstić information content (AvgIpc) is 3.24. The zero-order chi connectivity index (χ0) is 20.4. The van der Waals surface area contributed by atoms with E-state index in [-0.39, 0.29) is 11.5 Å². The van der Waals surface area contributed by atoms with Crippen LogP contribution in [0.2, 0.25) is 0 Å². The Hall–Kier alpha value is -3.12. The zero-order valence-corrected chi connectivity index (χ0v) is 16.9. The molecule has 3 aromatic rings. The van der Waals surface area contributed by atoms with Gasteiger partial charge < -0.3 is 19.4 Å². The van der Waals surface area contributed by atoms with Crippen LogP contribution in [-0.4, -0.2) is 58.5 Å². The number of piperazine rings is 1. The van der Waals surface area contributed by atoms with Gasteiger partial charge >= 0.3 is 0 Å². The lowest BCUT2D eigenvalue weighted by Gasteiger charge is -2.32. The number of pyridine rings is 1. The van der Waals surface area contributed by atoms with Crippen molar-refractivity contribution in [1.82, 2.24) is 19.4 Å². The third-order valence-electron chi connectivity index (χ3n) is 5.57. The van der Waals surface area contributed by atoms with Gasteiger partial charge in [-0.1, -0.05) is 24.3 Å². The summed E-state index contributed by atoms with van der Waals surface area (Å²) in [6, 6.07) is 9.63. The fourth-order valence-electron chi connectivity index (χ4n) is 3.77. The number of benzene rings is 1. The van der Waals surface area contributed by atoms with E-state index in [2.05, 4.69) is 16.9 Å². The third-order valence-corrected chi connectivity index (χ3v) is 5.57. The number of aromatic nitrogens is 2.